The second kappa shape index (κ2) is 19.2. The lowest BCUT2D eigenvalue weighted by Gasteiger charge is -2.29. The van der Waals surface area contributed by atoms with Crippen LogP contribution in [-0.4, -0.2) is 32.5 Å². The summed E-state index contributed by atoms with van der Waals surface area (Å²) >= 11 is 0. The van der Waals surface area contributed by atoms with Gasteiger partial charge in [-0.3, -0.25) is 0 Å². The Hall–Kier alpha value is -4.32. The van der Waals surface area contributed by atoms with Crippen LogP contribution in [0.2, 0.25) is 0 Å². The quantitative estimate of drug-likeness (QED) is 0.0872. The Labute approximate surface area is 301 Å². The summed E-state index contributed by atoms with van der Waals surface area (Å²) in [4.78, 5) is 2.18. The summed E-state index contributed by atoms with van der Waals surface area (Å²) in [6, 6.07) is 33.3. The van der Waals surface area contributed by atoms with Gasteiger partial charge in [-0.1, -0.05) is 88.4 Å². The zero-order chi connectivity index (χ0) is 36.0. The molecule has 0 aromatic heterocycles. The van der Waals surface area contributed by atoms with E-state index in [4.69, 9.17) is 25.5 Å². The SMILES string of the molecule is C=C(c1ccc(N(C)c2ccccc2)cc1C(=C)C(OC(C)C)c1ccc(OCCCC)cc1)C(OC(C)C)c1ccc(OCCCC)cc1. The average Bonchev–Trinajstić information content (AvgIpc) is 3.13. The molecule has 4 rings (SSSR count). The molecule has 0 bridgehead atoms. The van der Waals surface area contributed by atoms with Gasteiger partial charge in [0.05, 0.1) is 25.4 Å². The number of para-hydroxylation sites is 1. The lowest BCUT2D eigenvalue weighted by atomic mass is 9.86. The van der Waals surface area contributed by atoms with E-state index in [9.17, 15) is 0 Å². The third-order valence-corrected chi connectivity index (χ3v) is 8.57. The average molecular weight is 676 g/mol. The molecule has 0 aliphatic carbocycles. The number of unbranched alkanes of at least 4 members (excludes halogenated alkanes) is 2. The van der Waals surface area contributed by atoms with Crippen molar-refractivity contribution in [3.8, 4) is 11.5 Å². The van der Waals surface area contributed by atoms with Crippen LogP contribution in [0.3, 0.4) is 0 Å². The van der Waals surface area contributed by atoms with E-state index in [0.29, 0.717) is 13.2 Å². The third-order valence-electron chi connectivity index (χ3n) is 8.57. The Kier molecular flexibility index (Phi) is 14.8. The molecule has 5 heteroatoms. The van der Waals surface area contributed by atoms with E-state index in [-0.39, 0.29) is 18.3 Å². The molecule has 2 unspecified atom stereocenters. The molecule has 0 fully saturated rings. The van der Waals surface area contributed by atoms with Crippen molar-refractivity contribution in [2.75, 3.05) is 25.2 Å². The van der Waals surface area contributed by atoms with E-state index in [2.05, 4.69) is 127 Å². The molecule has 0 heterocycles. The maximum Gasteiger partial charge on any atom is 0.119 e. The van der Waals surface area contributed by atoms with E-state index in [1.807, 2.05) is 30.3 Å². The standard InChI is InChI=1S/C45H57NO4/c1-10-12-29-47-40-24-19-36(20-25-40)44(49-32(3)4)34(7)42-28-23-39(46(9)38-17-15-14-16-18-38)31-43(42)35(8)45(50-33(5)6)37-21-26-41(27-22-37)48-30-13-11-2/h14-28,31-33,44-45H,7-8,10-13,29-30H2,1-6,9H3. The van der Waals surface area contributed by atoms with Crippen LogP contribution < -0.4 is 14.4 Å². The fourth-order valence-electron chi connectivity index (χ4n) is 5.78. The fraction of sp³-hybridized carbons (Fsp3) is 0.378. The Balaban J connectivity index is 1.78. The zero-order valence-electron chi connectivity index (χ0n) is 31.3. The van der Waals surface area contributed by atoms with Gasteiger partial charge in [0, 0.05) is 18.4 Å². The second-order valence-electron chi connectivity index (χ2n) is 13.3. The van der Waals surface area contributed by atoms with Gasteiger partial charge in [0.15, 0.2) is 0 Å². The van der Waals surface area contributed by atoms with Crippen molar-refractivity contribution in [2.45, 2.75) is 91.6 Å². The monoisotopic (exact) mass is 675 g/mol. The van der Waals surface area contributed by atoms with E-state index in [0.717, 1.165) is 82.0 Å². The predicted octanol–water partition coefficient (Wildman–Crippen LogP) is 12.2. The molecular weight excluding hydrogens is 618 g/mol. The van der Waals surface area contributed by atoms with Gasteiger partial charge >= 0.3 is 0 Å². The minimum Gasteiger partial charge on any atom is -0.494 e. The smallest absolute Gasteiger partial charge is 0.119 e. The van der Waals surface area contributed by atoms with Gasteiger partial charge in [-0.05, 0) is 122 Å². The first kappa shape index (κ1) is 38.5. The molecule has 0 radical (unpaired) electrons. The van der Waals surface area contributed by atoms with Crippen LogP contribution >= 0.6 is 0 Å². The van der Waals surface area contributed by atoms with E-state index < -0.39 is 6.10 Å². The number of hydrogen-bond acceptors (Lipinski definition) is 5. The molecule has 2 atom stereocenters. The summed E-state index contributed by atoms with van der Waals surface area (Å²) < 4.78 is 25.2. The number of nitrogens with zero attached hydrogens (tertiary/aromatic N) is 1. The first-order valence-corrected chi connectivity index (χ1v) is 18.2. The Morgan fingerprint density at radius 2 is 1.04 bits per heavy atom. The van der Waals surface area contributed by atoms with Gasteiger partial charge in [-0.25, -0.2) is 0 Å². The van der Waals surface area contributed by atoms with Crippen LogP contribution in [0, 0.1) is 0 Å². The van der Waals surface area contributed by atoms with E-state index in [1.165, 1.54) is 0 Å². The van der Waals surface area contributed by atoms with Crippen LogP contribution in [0.15, 0.2) is 110 Å². The van der Waals surface area contributed by atoms with Gasteiger partial charge in [-0.2, -0.15) is 0 Å². The summed E-state index contributed by atoms with van der Waals surface area (Å²) in [5.74, 6) is 1.71. The number of rotatable bonds is 20. The number of benzene rings is 4. The molecule has 266 valence electrons. The molecular formula is C45H57NO4. The topological polar surface area (TPSA) is 40.2 Å². The van der Waals surface area contributed by atoms with Crippen molar-refractivity contribution in [1.29, 1.82) is 0 Å². The Bertz CT molecular complexity index is 1630. The molecule has 4 aromatic rings. The highest BCUT2D eigenvalue weighted by atomic mass is 16.5. The zero-order valence-corrected chi connectivity index (χ0v) is 31.3. The number of hydrogen-bond donors (Lipinski definition) is 0. The van der Waals surface area contributed by atoms with Crippen LogP contribution in [-0.2, 0) is 9.47 Å². The Morgan fingerprint density at radius 1 is 0.580 bits per heavy atom. The van der Waals surface area contributed by atoms with Gasteiger partial charge in [0.25, 0.3) is 0 Å². The highest BCUT2D eigenvalue weighted by Gasteiger charge is 2.27. The molecule has 0 spiro atoms. The van der Waals surface area contributed by atoms with Gasteiger partial charge in [-0.15, -0.1) is 0 Å². The predicted molar refractivity (Wildman–Crippen MR) is 211 cm³/mol. The largest absolute Gasteiger partial charge is 0.494 e. The first-order chi connectivity index (χ1) is 24.1. The van der Waals surface area contributed by atoms with Crippen LogP contribution in [0.5, 0.6) is 11.5 Å². The van der Waals surface area contributed by atoms with Crippen LogP contribution in [0.25, 0.3) is 11.1 Å². The molecule has 0 saturated heterocycles. The molecule has 5 nitrogen and oxygen atoms in total. The van der Waals surface area contributed by atoms with E-state index >= 15 is 0 Å². The molecule has 0 aliphatic rings. The van der Waals surface area contributed by atoms with Gasteiger partial charge in [0.1, 0.15) is 23.7 Å². The number of anilines is 2. The molecule has 4 aromatic carbocycles. The molecule has 0 aliphatic heterocycles. The summed E-state index contributed by atoms with van der Waals surface area (Å²) in [5.41, 5.74) is 7.77. The molecule has 0 N–H and O–H groups in total. The highest BCUT2D eigenvalue weighted by Crippen LogP contribution is 2.43. The van der Waals surface area contributed by atoms with Crippen molar-refractivity contribution in [3.05, 3.63) is 132 Å². The van der Waals surface area contributed by atoms with Crippen molar-refractivity contribution in [1.82, 2.24) is 0 Å². The second-order valence-corrected chi connectivity index (χ2v) is 13.3. The van der Waals surface area contributed by atoms with Crippen LogP contribution in [0.4, 0.5) is 11.4 Å². The minimum atomic E-state index is -0.396. The van der Waals surface area contributed by atoms with Crippen LogP contribution in [0.1, 0.15) is 102 Å². The van der Waals surface area contributed by atoms with Crippen molar-refractivity contribution >= 4 is 22.5 Å². The maximum absolute atomic E-state index is 6.65. The summed E-state index contributed by atoms with van der Waals surface area (Å²) in [7, 11) is 2.08. The molecule has 0 saturated carbocycles. The van der Waals surface area contributed by atoms with Crippen molar-refractivity contribution in [3.63, 3.8) is 0 Å². The lowest BCUT2D eigenvalue weighted by Crippen LogP contribution is -2.16. The number of ether oxygens (including phenoxy) is 4. The molecule has 0 amide bonds. The van der Waals surface area contributed by atoms with Gasteiger partial charge < -0.3 is 23.8 Å². The summed E-state index contributed by atoms with van der Waals surface area (Å²) in [6.07, 6.45) is 3.40. The third kappa shape index (κ3) is 10.6. The van der Waals surface area contributed by atoms with E-state index in [1.54, 1.807) is 0 Å². The fourth-order valence-corrected chi connectivity index (χ4v) is 5.78. The van der Waals surface area contributed by atoms with Crippen molar-refractivity contribution in [2.24, 2.45) is 0 Å². The first-order valence-electron chi connectivity index (χ1n) is 18.2. The molecule has 50 heavy (non-hydrogen) atoms. The lowest BCUT2D eigenvalue weighted by molar-refractivity contribution is 0.0396. The minimum absolute atomic E-state index is 0.0255. The summed E-state index contributed by atoms with van der Waals surface area (Å²) in [5, 5.41) is 0. The van der Waals surface area contributed by atoms with Gasteiger partial charge in [0.2, 0.25) is 0 Å². The normalized spacial score (nSPS) is 12.5. The van der Waals surface area contributed by atoms with Crippen molar-refractivity contribution < 1.29 is 18.9 Å². The maximum atomic E-state index is 6.65. The Morgan fingerprint density at radius 3 is 1.48 bits per heavy atom. The summed E-state index contributed by atoms with van der Waals surface area (Å²) in [6.45, 7) is 23.4. The highest BCUT2D eigenvalue weighted by molar-refractivity contribution is 5.84.